The number of rotatable bonds is 3. The summed E-state index contributed by atoms with van der Waals surface area (Å²) >= 11 is 0. The molecule has 0 unspecified atom stereocenters. The van der Waals surface area contributed by atoms with Gasteiger partial charge in [-0.05, 0) is 19.1 Å². The molecule has 0 saturated carbocycles. The summed E-state index contributed by atoms with van der Waals surface area (Å²) in [5.41, 5.74) is 7.17. The van der Waals surface area contributed by atoms with Gasteiger partial charge in [-0.25, -0.2) is 0 Å². The molecule has 0 aliphatic rings. The molecule has 1 heterocycles. The summed E-state index contributed by atoms with van der Waals surface area (Å²) in [7, 11) is 3.65. The summed E-state index contributed by atoms with van der Waals surface area (Å²) < 4.78 is 1.88. The van der Waals surface area contributed by atoms with E-state index in [0.29, 0.717) is 18.8 Å². The number of likely N-dealkylation sites (N-methyl/N-ethyl adjacent to an activating group) is 1. The number of hydrogen-bond acceptors (Lipinski definition) is 2. The Morgan fingerprint density at radius 3 is 2.64 bits per heavy atom. The average Bonchev–Trinajstić information content (AvgIpc) is 2.47. The fourth-order valence-electron chi connectivity index (χ4n) is 1.32. The number of aryl methyl sites for hydroxylation is 1. The number of nitrogens with zero attached hydrogens (tertiary/aromatic N) is 2. The van der Waals surface area contributed by atoms with E-state index in [4.69, 9.17) is 5.73 Å². The summed E-state index contributed by atoms with van der Waals surface area (Å²) in [6, 6.07) is 3.77. The number of amides is 1. The van der Waals surface area contributed by atoms with Crippen molar-refractivity contribution in [2.75, 3.05) is 20.1 Å². The molecule has 1 aromatic rings. The second-order valence-electron chi connectivity index (χ2n) is 3.43. The maximum absolute atomic E-state index is 11.8. The van der Waals surface area contributed by atoms with Crippen molar-refractivity contribution < 1.29 is 4.79 Å². The first-order valence-electron chi connectivity index (χ1n) is 4.65. The molecule has 0 aliphatic carbocycles. The van der Waals surface area contributed by atoms with Gasteiger partial charge in [0.05, 0.1) is 0 Å². The number of carbonyl (C=O) groups excluding carboxylic acids is 1. The van der Waals surface area contributed by atoms with Gasteiger partial charge in [-0.3, -0.25) is 4.79 Å². The minimum Gasteiger partial charge on any atom is -0.344 e. The first kappa shape index (κ1) is 10.8. The van der Waals surface area contributed by atoms with E-state index in [1.807, 2.05) is 30.7 Å². The Hall–Kier alpha value is -1.29. The van der Waals surface area contributed by atoms with Crippen molar-refractivity contribution in [1.82, 2.24) is 9.47 Å². The minimum atomic E-state index is 0.0195. The Labute approximate surface area is 84.3 Å². The summed E-state index contributed by atoms with van der Waals surface area (Å²) in [4.78, 5) is 13.5. The molecule has 1 aromatic heterocycles. The lowest BCUT2D eigenvalue weighted by atomic mass is 10.3. The van der Waals surface area contributed by atoms with Crippen LogP contribution in [0.4, 0.5) is 0 Å². The second-order valence-corrected chi connectivity index (χ2v) is 3.43. The quantitative estimate of drug-likeness (QED) is 0.757. The van der Waals surface area contributed by atoms with E-state index < -0.39 is 0 Å². The van der Waals surface area contributed by atoms with Crippen LogP contribution in [0.5, 0.6) is 0 Å². The van der Waals surface area contributed by atoms with E-state index in [1.165, 1.54) is 0 Å². The largest absolute Gasteiger partial charge is 0.344 e. The fourth-order valence-corrected chi connectivity index (χ4v) is 1.32. The lowest BCUT2D eigenvalue weighted by molar-refractivity contribution is 0.0789. The number of carbonyl (C=O) groups is 1. The first-order valence-corrected chi connectivity index (χ1v) is 4.65. The smallest absolute Gasteiger partial charge is 0.270 e. The lowest BCUT2D eigenvalue weighted by Crippen LogP contribution is -2.32. The predicted octanol–water partition coefficient (Wildman–Crippen LogP) is 0.364. The third-order valence-corrected chi connectivity index (χ3v) is 2.40. The van der Waals surface area contributed by atoms with Crippen molar-refractivity contribution in [2.45, 2.75) is 6.92 Å². The normalized spacial score (nSPS) is 10.3. The predicted molar refractivity (Wildman–Crippen MR) is 56.2 cm³/mol. The van der Waals surface area contributed by atoms with Gasteiger partial charge in [0, 0.05) is 32.9 Å². The van der Waals surface area contributed by atoms with Gasteiger partial charge in [-0.1, -0.05) is 0 Å². The van der Waals surface area contributed by atoms with Crippen LogP contribution in [-0.4, -0.2) is 35.5 Å². The molecule has 1 rings (SSSR count). The standard InChI is InChI=1S/C10H17N3O/c1-8-4-5-9(13(8)3)10(14)12(2)7-6-11/h4-5H,6-7,11H2,1-3H3. The molecule has 0 atom stereocenters. The van der Waals surface area contributed by atoms with Gasteiger partial charge in [-0.15, -0.1) is 0 Å². The highest BCUT2D eigenvalue weighted by Crippen LogP contribution is 2.07. The van der Waals surface area contributed by atoms with Crippen molar-refractivity contribution in [3.05, 3.63) is 23.5 Å². The van der Waals surface area contributed by atoms with E-state index in [1.54, 1.807) is 11.9 Å². The van der Waals surface area contributed by atoms with Crippen molar-refractivity contribution in [3.8, 4) is 0 Å². The molecule has 78 valence electrons. The molecule has 0 bridgehead atoms. The molecule has 0 aromatic carbocycles. The zero-order chi connectivity index (χ0) is 10.7. The summed E-state index contributed by atoms with van der Waals surface area (Å²) in [6.07, 6.45) is 0. The van der Waals surface area contributed by atoms with Gasteiger partial charge < -0.3 is 15.2 Å². The van der Waals surface area contributed by atoms with Crippen LogP contribution in [0, 0.1) is 6.92 Å². The Kier molecular flexibility index (Phi) is 3.30. The molecule has 0 aliphatic heterocycles. The number of nitrogens with two attached hydrogens (primary N) is 1. The van der Waals surface area contributed by atoms with Crippen molar-refractivity contribution in [1.29, 1.82) is 0 Å². The lowest BCUT2D eigenvalue weighted by Gasteiger charge is -2.16. The van der Waals surface area contributed by atoms with E-state index >= 15 is 0 Å². The van der Waals surface area contributed by atoms with Gasteiger partial charge in [0.25, 0.3) is 5.91 Å². The van der Waals surface area contributed by atoms with Gasteiger partial charge in [0.2, 0.25) is 0 Å². The monoisotopic (exact) mass is 195 g/mol. The Bertz CT molecular complexity index is 330. The van der Waals surface area contributed by atoms with E-state index in [2.05, 4.69) is 0 Å². The molecule has 0 fully saturated rings. The molecule has 4 nitrogen and oxygen atoms in total. The zero-order valence-corrected chi connectivity index (χ0v) is 8.95. The highest BCUT2D eigenvalue weighted by atomic mass is 16.2. The van der Waals surface area contributed by atoms with Crippen LogP contribution < -0.4 is 5.73 Å². The van der Waals surface area contributed by atoms with Crippen LogP contribution in [0.25, 0.3) is 0 Å². The van der Waals surface area contributed by atoms with E-state index in [9.17, 15) is 4.79 Å². The molecule has 0 spiro atoms. The van der Waals surface area contributed by atoms with Crippen LogP contribution in [0.2, 0.25) is 0 Å². The molecule has 2 N–H and O–H groups in total. The van der Waals surface area contributed by atoms with Crippen LogP contribution in [0.15, 0.2) is 12.1 Å². The average molecular weight is 195 g/mol. The Morgan fingerprint density at radius 2 is 2.21 bits per heavy atom. The molecule has 4 heteroatoms. The summed E-state index contributed by atoms with van der Waals surface area (Å²) in [6.45, 7) is 3.05. The summed E-state index contributed by atoms with van der Waals surface area (Å²) in [5, 5.41) is 0. The second kappa shape index (κ2) is 4.28. The molecular weight excluding hydrogens is 178 g/mol. The Balaban J connectivity index is 2.84. The number of aromatic nitrogens is 1. The van der Waals surface area contributed by atoms with Crippen LogP contribution in [-0.2, 0) is 7.05 Å². The van der Waals surface area contributed by atoms with Gasteiger partial charge in [0.1, 0.15) is 5.69 Å². The fraction of sp³-hybridized carbons (Fsp3) is 0.500. The van der Waals surface area contributed by atoms with Crippen molar-refractivity contribution >= 4 is 5.91 Å². The Morgan fingerprint density at radius 1 is 1.57 bits per heavy atom. The van der Waals surface area contributed by atoms with Gasteiger partial charge in [-0.2, -0.15) is 0 Å². The van der Waals surface area contributed by atoms with Crippen LogP contribution in [0.3, 0.4) is 0 Å². The van der Waals surface area contributed by atoms with Crippen LogP contribution >= 0.6 is 0 Å². The maximum atomic E-state index is 11.8. The van der Waals surface area contributed by atoms with Crippen molar-refractivity contribution in [2.24, 2.45) is 12.8 Å². The zero-order valence-electron chi connectivity index (χ0n) is 8.95. The highest BCUT2D eigenvalue weighted by molar-refractivity contribution is 5.92. The highest BCUT2D eigenvalue weighted by Gasteiger charge is 2.14. The van der Waals surface area contributed by atoms with Crippen molar-refractivity contribution in [3.63, 3.8) is 0 Å². The van der Waals surface area contributed by atoms with Crippen LogP contribution in [0.1, 0.15) is 16.2 Å². The minimum absolute atomic E-state index is 0.0195. The number of hydrogen-bond donors (Lipinski definition) is 1. The molecule has 0 saturated heterocycles. The molecule has 14 heavy (non-hydrogen) atoms. The SMILES string of the molecule is Cc1ccc(C(=O)N(C)CCN)n1C. The topological polar surface area (TPSA) is 51.3 Å². The summed E-state index contributed by atoms with van der Waals surface area (Å²) in [5.74, 6) is 0.0195. The third kappa shape index (κ3) is 1.96. The van der Waals surface area contributed by atoms with Gasteiger partial charge >= 0.3 is 0 Å². The molecule has 0 radical (unpaired) electrons. The van der Waals surface area contributed by atoms with E-state index in [-0.39, 0.29) is 5.91 Å². The van der Waals surface area contributed by atoms with Gasteiger partial charge in [0.15, 0.2) is 0 Å². The third-order valence-electron chi connectivity index (χ3n) is 2.40. The maximum Gasteiger partial charge on any atom is 0.270 e. The molecule has 1 amide bonds. The molecular formula is C10H17N3O. The van der Waals surface area contributed by atoms with E-state index in [0.717, 1.165) is 5.69 Å². The first-order chi connectivity index (χ1) is 6.57.